The summed E-state index contributed by atoms with van der Waals surface area (Å²) in [6.07, 6.45) is -4.46. The highest BCUT2D eigenvalue weighted by Gasteiger charge is 2.30. The minimum Gasteiger partial charge on any atom is -0.315 e. The monoisotopic (exact) mass is 343 g/mol. The van der Waals surface area contributed by atoms with Crippen LogP contribution in [0.4, 0.5) is 23.2 Å². The highest BCUT2D eigenvalue weighted by molar-refractivity contribution is 5.94. The third-order valence-corrected chi connectivity index (χ3v) is 3.78. The quantitative estimate of drug-likeness (QED) is 0.798. The van der Waals surface area contributed by atoms with Crippen molar-refractivity contribution in [3.63, 3.8) is 0 Å². The first-order valence-electron chi connectivity index (χ1n) is 7.20. The van der Waals surface area contributed by atoms with Gasteiger partial charge < -0.3 is 4.90 Å². The summed E-state index contributed by atoms with van der Waals surface area (Å²) in [6.45, 7) is 1.88. The molecule has 0 aliphatic heterocycles. The minimum atomic E-state index is -4.38. The molecule has 1 amide bonds. The number of amides is 1. The van der Waals surface area contributed by atoms with Gasteiger partial charge in [0.05, 0.1) is 12.1 Å². The molecule has 1 heterocycles. The summed E-state index contributed by atoms with van der Waals surface area (Å²) < 4.78 is 51.4. The van der Waals surface area contributed by atoms with E-state index in [0.29, 0.717) is 22.6 Å². The molecule has 8 heteroatoms. The van der Waals surface area contributed by atoms with Crippen molar-refractivity contribution in [2.45, 2.75) is 33.0 Å². The first kappa shape index (κ1) is 18.0. The third kappa shape index (κ3) is 4.12. The highest BCUT2D eigenvalue weighted by atomic mass is 19.4. The van der Waals surface area contributed by atoms with Crippen LogP contribution < -0.4 is 4.90 Å². The van der Waals surface area contributed by atoms with Crippen molar-refractivity contribution in [2.24, 2.45) is 0 Å². The molecule has 0 N–H and O–H groups in total. The van der Waals surface area contributed by atoms with Gasteiger partial charge in [-0.05, 0) is 38.1 Å². The van der Waals surface area contributed by atoms with E-state index in [2.05, 4.69) is 5.10 Å². The highest BCUT2D eigenvalue weighted by Crippen LogP contribution is 2.22. The summed E-state index contributed by atoms with van der Waals surface area (Å²) in [4.78, 5) is 13.7. The Morgan fingerprint density at radius 2 is 1.79 bits per heavy atom. The molecule has 0 radical (unpaired) electrons. The Kier molecular flexibility index (Phi) is 4.96. The Labute approximate surface area is 136 Å². The van der Waals surface area contributed by atoms with E-state index < -0.39 is 18.5 Å². The number of likely N-dealkylation sites (N-methyl/N-ethyl adjacent to an activating group) is 1. The average Bonchev–Trinajstić information content (AvgIpc) is 2.73. The molecule has 24 heavy (non-hydrogen) atoms. The van der Waals surface area contributed by atoms with Gasteiger partial charge in [-0.15, -0.1) is 0 Å². The van der Waals surface area contributed by atoms with Crippen molar-refractivity contribution >= 4 is 11.6 Å². The molecular formula is C16H17F4N3O. The van der Waals surface area contributed by atoms with Crippen molar-refractivity contribution in [3.05, 3.63) is 47.0 Å². The molecule has 1 aromatic carbocycles. The topological polar surface area (TPSA) is 38.1 Å². The van der Waals surface area contributed by atoms with E-state index in [9.17, 15) is 22.4 Å². The van der Waals surface area contributed by atoms with Gasteiger partial charge in [0.25, 0.3) is 0 Å². The third-order valence-electron chi connectivity index (χ3n) is 3.78. The number of carbonyl (C=O) groups is 1. The van der Waals surface area contributed by atoms with Crippen LogP contribution in [0.5, 0.6) is 0 Å². The molecular weight excluding hydrogens is 326 g/mol. The second kappa shape index (κ2) is 6.62. The average molecular weight is 343 g/mol. The van der Waals surface area contributed by atoms with Gasteiger partial charge in [-0.25, -0.2) is 4.39 Å². The second-order valence-electron chi connectivity index (χ2n) is 5.53. The lowest BCUT2D eigenvalue weighted by Crippen LogP contribution is -2.28. The Morgan fingerprint density at radius 1 is 1.21 bits per heavy atom. The molecule has 0 fully saturated rings. The number of benzene rings is 1. The van der Waals surface area contributed by atoms with Gasteiger partial charge in [-0.2, -0.15) is 18.3 Å². The van der Waals surface area contributed by atoms with Crippen molar-refractivity contribution in [1.29, 1.82) is 0 Å². The number of nitrogens with zero attached hydrogens (tertiary/aromatic N) is 3. The fraction of sp³-hybridized carbons (Fsp3) is 0.375. The number of carbonyl (C=O) groups excluding carboxylic acids is 1. The van der Waals surface area contributed by atoms with Gasteiger partial charge in [-0.1, -0.05) is 0 Å². The van der Waals surface area contributed by atoms with Gasteiger partial charge in [0.2, 0.25) is 5.91 Å². The smallest absolute Gasteiger partial charge is 0.315 e. The minimum absolute atomic E-state index is 0.0800. The molecule has 0 aliphatic rings. The first-order chi connectivity index (χ1) is 11.1. The summed E-state index contributed by atoms with van der Waals surface area (Å²) >= 11 is 0. The fourth-order valence-corrected chi connectivity index (χ4v) is 2.39. The molecule has 2 rings (SSSR count). The number of halogens is 4. The number of alkyl halides is 3. The van der Waals surface area contributed by atoms with Crippen molar-refractivity contribution in [3.8, 4) is 0 Å². The number of anilines is 1. The molecule has 4 nitrogen and oxygen atoms in total. The Morgan fingerprint density at radius 3 is 2.33 bits per heavy atom. The van der Waals surface area contributed by atoms with Crippen LogP contribution in [-0.4, -0.2) is 28.9 Å². The number of rotatable bonds is 4. The summed E-state index contributed by atoms with van der Waals surface area (Å²) in [5, 5.41) is 3.87. The van der Waals surface area contributed by atoms with Gasteiger partial charge in [-0.3, -0.25) is 9.48 Å². The zero-order valence-electron chi connectivity index (χ0n) is 13.5. The lowest BCUT2D eigenvalue weighted by molar-refractivity contribution is -0.142. The molecule has 0 bridgehead atoms. The zero-order valence-corrected chi connectivity index (χ0v) is 13.5. The maximum atomic E-state index is 12.9. The van der Waals surface area contributed by atoms with Crippen LogP contribution in [0.3, 0.4) is 0 Å². The molecule has 2 aromatic rings. The molecule has 0 aliphatic carbocycles. The van der Waals surface area contributed by atoms with Crippen molar-refractivity contribution < 1.29 is 22.4 Å². The number of aromatic nitrogens is 2. The standard InChI is InChI=1S/C16H17F4N3O/c1-10-14(11(2)23(21-10)9-16(18,19)20)8-15(24)22(3)13-6-4-12(17)5-7-13/h4-7H,8-9H2,1-3H3. The predicted octanol–water partition coefficient (Wildman–Crippen LogP) is 3.41. The first-order valence-corrected chi connectivity index (χ1v) is 7.20. The molecule has 0 spiro atoms. The number of hydrogen-bond acceptors (Lipinski definition) is 2. The van der Waals surface area contributed by atoms with Gasteiger partial charge in [0.1, 0.15) is 12.4 Å². The van der Waals surface area contributed by atoms with Crippen LogP contribution in [0.2, 0.25) is 0 Å². The van der Waals surface area contributed by atoms with E-state index in [1.54, 1.807) is 6.92 Å². The van der Waals surface area contributed by atoms with Crippen LogP contribution in [0, 0.1) is 19.7 Å². The van der Waals surface area contributed by atoms with Crippen LogP contribution >= 0.6 is 0 Å². The molecule has 0 saturated carbocycles. The van der Waals surface area contributed by atoms with Gasteiger partial charge in [0.15, 0.2) is 0 Å². The summed E-state index contributed by atoms with van der Waals surface area (Å²) in [5.74, 6) is -0.737. The Bertz CT molecular complexity index is 735. The van der Waals surface area contributed by atoms with Crippen LogP contribution in [-0.2, 0) is 17.8 Å². The van der Waals surface area contributed by atoms with E-state index in [-0.39, 0.29) is 12.3 Å². The lowest BCUT2D eigenvalue weighted by atomic mass is 10.1. The van der Waals surface area contributed by atoms with Crippen LogP contribution in [0.25, 0.3) is 0 Å². The predicted molar refractivity (Wildman–Crippen MR) is 81.3 cm³/mol. The van der Waals surface area contributed by atoms with Crippen LogP contribution in [0.15, 0.2) is 24.3 Å². The SMILES string of the molecule is Cc1nn(CC(F)(F)F)c(C)c1CC(=O)N(C)c1ccc(F)cc1. The van der Waals surface area contributed by atoms with Gasteiger partial charge >= 0.3 is 6.18 Å². The van der Waals surface area contributed by atoms with Crippen molar-refractivity contribution in [2.75, 3.05) is 11.9 Å². The van der Waals surface area contributed by atoms with E-state index in [4.69, 9.17) is 0 Å². The van der Waals surface area contributed by atoms with Crippen molar-refractivity contribution in [1.82, 2.24) is 9.78 Å². The molecule has 0 atom stereocenters. The molecule has 0 saturated heterocycles. The van der Waals surface area contributed by atoms with Gasteiger partial charge in [0, 0.05) is 24.0 Å². The number of hydrogen-bond donors (Lipinski definition) is 0. The fourth-order valence-electron chi connectivity index (χ4n) is 2.39. The lowest BCUT2D eigenvalue weighted by Gasteiger charge is -2.17. The maximum absolute atomic E-state index is 12.9. The Hall–Kier alpha value is -2.38. The summed E-state index contributed by atoms with van der Waals surface area (Å²) in [6, 6.07) is 5.38. The molecule has 0 unspecified atom stereocenters. The summed E-state index contributed by atoms with van der Waals surface area (Å²) in [5.41, 5.74) is 1.67. The largest absolute Gasteiger partial charge is 0.408 e. The van der Waals surface area contributed by atoms with E-state index in [1.165, 1.54) is 43.1 Å². The van der Waals surface area contributed by atoms with E-state index in [0.717, 1.165) is 4.68 Å². The summed E-state index contributed by atoms with van der Waals surface area (Å²) in [7, 11) is 1.53. The second-order valence-corrected chi connectivity index (χ2v) is 5.53. The van der Waals surface area contributed by atoms with E-state index >= 15 is 0 Å². The molecule has 1 aromatic heterocycles. The van der Waals surface area contributed by atoms with Crippen LogP contribution in [0.1, 0.15) is 17.0 Å². The van der Waals surface area contributed by atoms with E-state index in [1.807, 2.05) is 0 Å². The maximum Gasteiger partial charge on any atom is 0.408 e. The number of aryl methyl sites for hydroxylation is 1. The Balaban J connectivity index is 2.18. The zero-order chi connectivity index (χ0) is 18.1. The normalized spacial score (nSPS) is 11.6. The molecule has 130 valence electrons.